The number of anilines is 1. The molecular weight excluding hydrogens is 352 g/mol. The fraction of sp³-hybridized carbons (Fsp3) is 0.444. The SMILES string of the molecule is O=C(Nc1ccccc1)c1nnc(COCC(=O)N2CCCCCC2)s1. The number of likely N-dealkylation sites (tertiary alicyclic amines) is 1. The van der Waals surface area contributed by atoms with Gasteiger partial charge in [0.1, 0.15) is 18.2 Å². The molecule has 1 aliphatic heterocycles. The Kier molecular flexibility index (Phi) is 6.68. The Labute approximate surface area is 156 Å². The third-order valence-corrected chi connectivity index (χ3v) is 5.00. The van der Waals surface area contributed by atoms with Crippen molar-refractivity contribution in [1.82, 2.24) is 15.1 Å². The summed E-state index contributed by atoms with van der Waals surface area (Å²) in [6.07, 6.45) is 4.48. The summed E-state index contributed by atoms with van der Waals surface area (Å²) < 4.78 is 5.47. The Hall–Kier alpha value is -2.32. The summed E-state index contributed by atoms with van der Waals surface area (Å²) in [6, 6.07) is 9.17. The first-order valence-electron chi connectivity index (χ1n) is 8.76. The van der Waals surface area contributed by atoms with E-state index in [1.165, 1.54) is 24.2 Å². The molecule has 2 amide bonds. The van der Waals surface area contributed by atoms with E-state index in [1.54, 1.807) is 12.1 Å². The first-order valence-corrected chi connectivity index (χ1v) is 9.58. The van der Waals surface area contributed by atoms with Crippen molar-refractivity contribution in [3.63, 3.8) is 0 Å². The number of para-hydroxylation sites is 1. The van der Waals surface area contributed by atoms with Crippen LogP contribution in [0.3, 0.4) is 0 Å². The van der Waals surface area contributed by atoms with Crippen LogP contribution in [0.15, 0.2) is 30.3 Å². The molecule has 7 nitrogen and oxygen atoms in total. The van der Waals surface area contributed by atoms with E-state index in [0.717, 1.165) is 25.9 Å². The van der Waals surface area contributed by atoms with Gasteiger partial charge >= 0.3 is 0 Å². The summed E-state index contributed by atoms with van der Waals surface area (Å²) >= 11 is 1.17. The minimum absolute atomic E-state index is 0.0125. The third-order valence-electron chi connectivity index (χ3n) is 4.10. The van der Waals surface area contributed by atoms with Crippen molar-refractivity contribution in [3.05, 3.63) is 40.3 Å². The number of hydrogen-bond donors (Lipinski definition) is 1. The number of hydrogen-bond acceptors (Lipinski definition) is 6. The second-order valence-electron chi connectivity index (χ2n) is 6.11. The van der Waals surface area contributed by atoms with E-state index in [-0.39, 0.29) is 30.0 Å². The zero-order valence-electron chi connectivity index (χ0n) is 14.5. The Morgan fingerprint density at radius 1 is 1.08 bits per heavy atom. The molecule has 3 rings (SSSR count). The van der Waals surface area contributed by atoms with Crippen molar-refractivity contribution in [2.24, 2.45) is 0 Å². The third kappa shape index (κ3) is 5.34. The standard InChI is InChI=1S/C18H22N4O3S/c23-16(22-10-6-1-2-7-11-22)13-25-12-15-20-21-18(26-15)17(24)19-14-8-4-3-5-9-14/h3-5,8-9H,1-2,6-7,10-13H2,(H,19,24). The lowest BCUT2D eigenvalue weighted by Gasteiger charge is -2.19. The van der Waals surface area contributed by atoms with Crippen LogP contribution >= 0.6 is 11.3 Å². The predicted molar refractivity (Wildman–Crippen MR) is 99.0 cm³/mol. The van der Waals surface area contributed by atoms with E-state index in [2.05, 4.69) is 15.5 Å². The highest BCUT2D eigenvalue weighted by atomic mass is 32.1. The fourth-order valence-corrected chi connectivity index (χ4v) is 3.42. The maximum Gasteiger partial charge on any atom is 0.286 e. The fourth-order valence-electron chi connectivity index (χ4n) is 2.75. The molecule has 1 fully saturated rings. The maximum atomic E-state index is 12.2. The smallest absolute Gasteiger partial charge is 0.286 e. The molecule has 0 aliphatic carbocycles. The lowest BCUT2D eigenvalue weighted by molar-refractivity contribution is -0.136. The minimum atomic E-state index is -0.305. The lowest BCUT2D eigenvalue weighted by Crippen LogP contribution is -2.34. The number of rotatable bonds is 6. The van der Waals surface area contributed by atoms with Crippen molar-refractivity contribution in [2.45, 2.75) is 32.3 Å². The van der Waals surface area contributed by atoms with Crippen LogP contribution < -0.4 is 5.32 Å². The van der Waals surface area contributed by atoms with Crippen LogP contribution in [0.1, 0.15) is 40.5 Å². The van der Waals surface area contributed by atoms with Crippen LogP contribution in [-0.2, 0) is 16.1 Å². The van der Waals surface area contributed by atoms with E-state index in [4.69, 9.17) is 4.74 Å². The van der Waals surface area contributed by atoms with E-state index in [1.807, 2.05) is 23.1 Å². The second-order valence-corrected chi connectivity index (χ2v) is 7.17. The maximum absolute atomic E-state index is 12.2. The number of ether oxygens (including phenoxy) is 1. The van der Waals surface area contributed by atoms with Gasteiger partial charge in [-0.2, -0.15) is 0 Å². The Bertz CT molecular complexity index is 727. The van der Waals surface area contributed by atoms with Gasteiger partial charge in [-0.25, -0.2) is 0 Å². The normalized spacial score (nSPS) is 14.7. The molecule has 1 aliphatic rings. The number of carbonyl (C=O) groups is 2. The van der Waals surface area contributed by atoms with Gasteiger partial charge in [-0.15, -0.1) is 10.2 Å². The van der Waals surface area contributed by atoms with Crippen LogP contribution in [-0.4, -0.2) is 46.6 Å². The summed E-state index contributed by atoms with van der Waals surface area (Å²) in [5, 5.41) is 11.5. The molecule has 8 heteroatoms. The minimum Gasteiger partial charge on any atom is -0.364 e. The van der Waals surface area contributed by atoms with Gasteiger partial charge in [0, 0.05) is 18.8 Å². The number of nitrogens with zero attached hydrogens (tertiary/aromatic N) is 3. The molecule has 2 heterocycles. The predicted octanol–water partition coefficient (Wildman–Crippen LogP) is 2.71. The van der Waals surface area contributed by atoms with E-state index in [9.17, 15) is 9.59 Å². The summed E-state index contributed by atoms with van der Waals surface area (Å²) in [7, 11) is 0. The first kappa shape index (κ1) is 18.5. The van der Waals surface area contributed by atoms with E-state index in [0.29, 0.717) is 10.7 Å². The number of aromatic nitrogens is 2. The molecule has 26 heavy (non-hydrogen) atoms. The number of carbonyl (C=O) groups excluding carboxylic acids is 2. The number of nitrogens with one attached hydrogen (secondary N) is 1. The molecule has 1 aromatic heterocycles. The summed E-state index contributed by atoms with van der Waals surface area (Å²) in [5.41, 5.74) is 0.702. The van der Waals surface area contributed by atoms with Crippen LogP contribution in [0.25, 0.3) is 0 Å². The first-order chi connectivity index (χ1) is 12.7. The molecule has 0 radical (unpaired) electrons. The van der Waals surface area contributed by atoms with Crippen LogP contribution in [0, 0.1) is 0 Å². The molecular formula is C18H22N4O3S. The molecule has 0 unspecified atom stereocenters. The summed E-state index contributed by atoms with van der Waals surface area (Å²) in [4.78, 5) is 26.2. The molecule has 1 saturated heterocycles. The largest absolute Gasteiger partial charge is 0.364 e. The molecule has 1 aromatic carbocycles. The van der Waals surface area contributed by atoms with Crippen LogP contribution in [0.2, 0.25) is 0 Å². The van der Waals surface area contributed by atoms with Crippen molar-refractivity contribution in [3.8, 4) is 0 Å². The molecule has 0 bridgehead atoms. The van der Waals surface area contributed by atoms with Gasteiger partial charge in [0.15, 0.2) is 0 Å². The second kappa shape index (κ2) is 9.40. The summed E-state index contributed by atoms with van der Waals surface area (Å²) in [6.45, 7) is 1.83. The van der Waals surface area contributed by atoms with Gasteiger partial charge in [0.05, 0.1) is 0 Å². The molecule has 1 N–H and O–H groups in total. The molecule has 0 saturated carbocycles. The Morgan fingerprint density at radius 3 is 2.54 bits per heavy atom. The Balaban J connectivity index is 1.44. The molecule has 0 atom stereocenters. The van der Waals surface area contributed by atoms with Crippen LogP contribution in [0.5, 0.6) is 0 Å². The Morgan fingerprint density at radius 2 is 1.81 bits per heavy atom. The van der Waals surface area contributed by atoms with Crippen molar-refractivity contribution < 1.29 is 14.3 Å². The lowest BCUT2D eigenvalue weighted by atomic mass is 10.2. The van der Waals surface area contributed by atoms with E-state index < -0.39 is 0 Å². The number of benzene rings is 1. The van der Waals surface area contributed by atoms with Crippen molar-refractivity contribution in [2.75, 3.05) is 25.0 Å². The number of amides is 2. The van der Waals surface area contributed by atoms with Gasteiger partial charge < -0.3 is 15.0 Å². The monoisotopic (exact) mass is 374 g/mol. The summed E-state index contributed by atoms with van der Waals surface area (Å²) in [5.74, 6) is -0.293. The quantitative estimate of drug-likeness (QED) is 0.840. The van der Waals surface area contributed by atoms with Crippen molar-refractivity contribution >= 4 is 28.8 Å². The average molecular weight is 374 g/mol. The van der Waals surface area contributed by atoms with Gasteiger partial charge in [-0.05, 0) is 25.0 Å². The van der Waals surface area contributed by atoms with Crippen LogP contribution in [0.4, 0.5) is 5.69 Å². The van der Waals surface area contributed by atoms with Gasteiger partial charge in [-0.3, -0.25) is 9.59 Å². The highest BCUT2D eigenvalue weighted by molar-refractivity contribution is 7.13. The van der Waals surface area contributed by atoms with Crippen molar-refractivity contribution in [1.29, 1.82) is 0 Å². The highest BCUT2D eigenvalue weighted by Crippen LogP contribution is 2.14. The topological polar surface area (TPSA) is 84.4 Å². The zero-order chi connectivity index (χ0) is 18.2. The van der Waals surface area contributed by atoms with Gasteiger partial charge in [0.25, 0.3) is 5.91 Å². The highest BCUT2D eigenvalue weighted by Gasteiger charge is 2.17. The molecule has 2 aromatic rings. The average Bonchev–Trinajstić information content (AvgIpc) is 2.96. The molecule has 138 valence electrons. The van der Waals surface area contributed by atoms with Gasteiger partial charge in [-0.1, -0.05) is 42.4 Å². The van der Waals surface area contributed by atoms with E-state index >= 15 is 0 Å². The zero-order valence-corrected chi connectivity index (χ0v) is 15.3. The molecule has 0 spiro atoms. The van der Waals surface area contributed by atoms with Gasteiger partial charge in [0.2, 0.25) is 10.9 Å².